The Balaban J connectivity index is 1.08. The molecule has 0 unspecified atom stereocenters. The molecule has 53 heavy (non-hydrogen) atoms. The van der Waals surface area contributed by atoms with Crippen LogP contribution in [0.3, 0.4) is 0 Å². The number of fused-ring (bicyclic) bond motifs is 3. The number of amides is 2. The molecule has 8 rings (SSSR count). The zero-order chi connectivity index (χ0) is 37.8. The summed E-state index contributed by atoms with van der Waals surface area (Å²) in [4.78, 5) is 41.5. The Kier molecular flexibility index (Phi) is 10.2. The second-order valence-electron chi connectivity index (χ2n) is 17.3. The van der Waals surface area contributed by atoms with E-state index in [2.05, 4.69) is 52.0 Å². The largest absolute Gasteiger partial charge is 0.496 e. The van der Waals surface area contributed by atoms with E-state index in [1.165, 1.54) is 22.3 Å². The number of hydrogen-bond donors (Lipinski definition) is 0. The Morgan fingerprint density at radius 1 is 0.981 bits per heavy atom. The lowest BCUT2D eigenvalue weighted by Gasteiger charge is -2.55. The van der Waals surface area contributed by atoms with E-state index in [0.717, 1.165) is 59.7 Å². The third-order valence-corrected chi connectivity index (χ3v) is 15.6. The smallest absolute Gasteiger partial charge is 0.410 e. The van der Waals surface area contributed by atoms with Crippen molar-refractivity contribution in [3.63, 3.8) is 0 Å². The lowest BCUT2D eigenvalue weighted by molar-refractivity contribution is -0.124. The Labute approximate surface area is 318 Å². The van der Waals surface area contributed by atoms with E-state index >= 15 is 0 Å². The van der Waals surface area contributed by atoms with Gasteiger partial charge in [-0.15, -0.1) is 11.3 Å². The highest BCUT2D eigenvalue weighted by Crippen LogP contribution is 2.58. The maximum atomic E-state index is 14.7. The normalized spacial score (nSPS) is 26.2. The Bertz CT molecular complexity index is 1930. The van der Waals surface area contributed by atoms with Crippen molar-refractivity contribution in [2.24, 2.45) is 11.3 Å². The lowest BCUT2D eigenvalue weighted by atomic mass is 9.51. The summed E-state index contributed by atoms with van der Waals surface area (Å²) in [5.41, 5.74) is 3.73. The molecule has 0 atom stereocenters. The molecule has 10 nitrogen and oxygen atoms in total. The molecule has 4 aliphatic carbocycles. The van der Waals surface area contributed by atoms with Crippen LogP contribution in [0.2, 0.25) is 0 Å². The van der Waals surface area contributed by atoms with E-state index in [0.29, 0.717) is 38.0 Å². The quantitative estimate of drug-likeness (QED) is 0.216. The lowest BCUT2D eigenvalue weighted by Crippen LogP contribution is -2.57. The summed E-state index contributed by atoms with van der Waals surface area (Å²) < 4.78 is 34.9. The molecule has 1 aromatic carbocycles. The van der Waals surface area contributed by atoms with Gasteiger partial charge < -0.3 is 14.4 Å². The number of carbonyl (C=O) groups is 2. The van der Waals surface area contributed by atoms with Gasteiger partial charge in [0.05, 0.1) is 22.2 Å². The molecule has 286 valence electrons. The Morgan fingerprint density at radius 2 is 1.66 bits per heavy atom. The van der Waals surface area contributed by atoms with Gasteiger partial charge in [0.2, 0.25) is 5.91 Å². The van der Waals surface area contributed by atoms with E-state index in [9.17, 15) is 18.0 Å². The van der Waals surface area contributed by atoms with Crippen LogP contribution in [0.1, 0.15) is 101 Å². The minimum absolute atomic E-state index is 0.0221. The minimum Gasteiger partial charge on any atom is -0.496 e. The van der Waals surface area contributed by atoms with E-state index in [-0.39, 0.29) is 47.3 Å². The molecule has 0 spiro atoms. The summed E-state index contributed by atoms with van der Waals surface area (Å²) in [5, 5.41) is 0.549. The summed E-state index contributed by atoms with van der Waals surface area (Å²) in [6, 6.07) is 10.7. The SMILES string of the molecule is COc1ccc(C23CCC(CN(C(=O)C4CCC(OC(=O)N5CC(S(C)(=O)=O)C5)CC4)c4cc(-c5cnc(C(C)(C)C)s5)ccn4)(CC2)CC3)cc1C. The summed E-state index contributed by atoms with van der Waals surface area (Å²) in [5.74, 6) is 1.51. The number of anilines is 1. The van der Waals surface area contributed by atoms with Gasteiger partial charge in [0.1, 0.15) is 17.7 Å². The topological polar surface area (TPSA) is 119 Å². The molecule has 0 radical (unpaired) electrons. The van der Waals surface area contributed by atoms with Crippen LogP contribution in [-0.4, -0.2) is 79.6 Å². The summed E-state index contributed by atoms with van der Waals surface area (Å²) in [6.07, 6.45) is 13.1. The van der Waals surface area contributed by atoms with Crippen LogP contribution >= 0.6 is 11.3 Å². The van der Waals surface area contributed by atoms with Crippen molar-refractivity contribution in [3.05, 3.63) is 58.9 Å². The van der Waals surface area contributed by atoms with Crippen molar-refractivity contribution in [1.82, 2.24) is 14.9 Å². The molecule has 3 heterocycles. The van der Waals surface area contributed by atoms with E-state index in [4.69, 9.17) is 19.4 Å². The van der Waals surface area contributed by atoms with Crippen LogP contribution in [0, 0.1) is 18.3 Å². The average Bonchev–Trinajstić information content (AvgIpc) is 3.62. The predicted molar refractivity (Wildman–Crippen MR) is 208 cm³/mol. The van der Waals surface area contributed by atoms with E-state index < -0.39 is 21.2 Å². The second-order valence-corrected chi connectivity index (χ2v) is 20.6. The zero-order valence-electron chi connectivity index (χ0n) is 32.0. The number of sulfone groups is 1. The van der Waals surface area contributed by atoms with Crippen molar-refractivity contribution in [2.75, 3.05) is 37.9 Å². The number of aryl methyl sites for hydroxylation is 1. The van der Waals surface area contributed by atoms with Gasteiger partial charge >= 0.3 is 6.09 Å². The average molecular weight is 763 g/mol. The minimum atomic E-state index is -3.18. The van der Waals surface area contributed by atoms with Gasteiger partial charge in [0.15, 0.2) is 9.84 Å². The molecular formula is C41H54N4O6S2. The predicted octanol–water partition coefficient (Wildman–Crippen LogP) is 7.87. The van der Waals surface area contributed by atoms with Crippen LogP contribution in [-0.2, 0) is 30.2 Å². The van der Waals surface area contributed by atoms with E-state index in [1.54, 1.807) is 18.4 Å². The highest BCUT2D eigenvalue weighted by Gasteiger charge is 2.51. The molecule has 1 saturated heterocycles. The van der Waals surface area contributed by atoms with Crippen LogP contribution in [0.25, 0.3) is 10.4 Å². The van der Waals surface area contributed by atoms with Gasteiger partial charge in [0, 0.05) is 49.6 Å². The molecule has 2 amide bonds. The number of benzene rings is 1. The van der Waals surface area contributed by atoms with Gasteiger partial charge in [-0.1, -0.05) is 32.9 Å². The van der Waals surface area contributed by atoms with Crippen LogP contribution in [0.15, 0.2) is 42.7 Å². The number of methoxy groups -OCH3 is 1. The first kappa shape index (κ1) is 37.8. The zero-order valence-corrected chi connectivity index (χ0v) is 33.7. The molecule has 5 aliphatic rings. The molecule has 1 aliphatic heterocycles. The number of nitrogens with zero attached hydrogens (tertiary/aromatic N) is 4. The number of hydrogen-bond acceptors (Lipinski definition) is 9. The first-order chi connectivity index (χ1) is 25.1. The highest BCUT2D eigenvalue weighted by molar-refractivity contribution is 7.91. The van der Waals surface area contributed by atoms with Crippen molar-refractivity contribution in [3.8, 4) is 16.2 Å². The molecule has 2 aromatic heterocycles. The molecule has 12 heteroatoms. The van der Waals surface area contributed by atoms with Crippen LogP contribution in [0.5, 0.6) is 5.75 Å². The molecule has 3 aromatic rings. The summed E-state index contributed by atoms with van der Waals surface area (Å²) >= 11 is 1.69. The number of pyridine rings is 1. The van der Waals surface area contributed by atoms with Gasteiger partial charge in [-0.05, 0) is 117 Å². The summed E-state index contributed by atoms with van der Waals surface area (Å²) in [6.45, 7) is 9.61. The Hall–Kier alpha value is -3.51. The van der Waals surface area contributed by atoms with Gasteiger partial charge in [-0.25, -0.2) is 23.2 Å². The second kappa shape index (κ2) is 14.3. The van der Waals surface area contributed by atoms with Gasteiger partial charge in [-0.3, -0.25) is 9.69 Å². The fourth-order valence-corrected chi connectivity index (χ4v) is 10.8. The third kappa shape index (κ3) is 7.72. The van der Waals surface area contributed by atoms with E-state index in [1.807, 2.05) is 23.4 Å². The standard InChI is InChI=1S/C41H54N4O6S2/c1-27-21-30(9-12-33(27)50-5)41-17-14-40(15-18-41,16-19-41)26-45(35-22-29(13-20-42-35)34-23-43-37(52-34)39(2,3)4)36(46)28-7-10-31(11-8-28)51-38(47)44-24-32(25-44)53(6,48)49/h9,12-13,20-23,28,31-32H,7-8,10-11,14-19,24-26H2,1-6H3. The first-order valence-corrected chi connectivity index (χ1v) is 21.9. The highest BCUT2D eigenvalue weighted by atomic mass is 32.2. The van der Waals surface area contributed by atoms with Crippen molar-refractivity contribution in [1.29, 1.82) is 0 Å². The van der Waals surface area contributed by atoms with Crippen LogP contribution < -0.4 is 9.64 Å². The fraction of sp³-hybridized carbons (Fsp3) is 0.610. The number of rotatable bonds is 9. The maximum Gasteiger partial charge on any atom is 0.410 e. The molecule has 4 saturated carbocycles. The number of aromatic nitrogens is 2. The molecular weight excluding hydrogens is 709 g/mol. The Morgan fingerprint density at radius 3 is 2.25 bits per heavy atom. The van der Waals surface area contributed by atoms with Crippen molar-refractivity contribution < 1.29 is 27.5 Å². The maximum absolute atomic E-state index is 14.7. The number of likely N-dealkylation sites (tertiary alicyclic amines) is 1. The van der Waals surface area contributed by atoms with Crippen molar-refractivity contribution >= 4 is 39.0 Å². The third-order valence-electron chi connectivity index (χ3n) is 12.6. The fourth-order valence-electron chi connectivity index (χ4n) is 8.95. The molecule has 2 bridgehead atoms. The molecule has 0 N–H and O–H groups in total. The van der Waals surface area contributed by atoms with Crippen LogP contribution in [0.4, 0.5) is 10.6 Å². The van der Waals surface area contributed by atoms with Gasteiger partial charge in [-0.2, -0.15) is 0 Å². The van der Waals surface area contributed by atoms with Crippen molar-refractivity contribution in [2.45, 2.75) is 114 Å². The van der Waals surface area contributed by atoms with Gasteiger partial charge in [0.25, 0.3) is 0 Å². The summed E-state index contributed by atoms with van der Waals surface area (Å²) in [7, 11) is -1.45. The monoisotopic (exact) mass is 762 g/mol. The number of carbonyl (C=O) groups excluding carboxylic acids is 2. The number of thiazole rings is 1. The number of ether oxygens (including phenoxy) is 2. The first-order valence-electron chi connectivity index (χ1n) is 19.1. The molecule has 5 fully saturated rings.